The van der Waals surface area contributed by atoms with Gasteiger partial charge in [-0.3, -0.25) is 9.59 Å². The van der Waals surface area contributed by atoms with Crippen molar-refractivity contribution in [2.75, 3.05) is 6.54 Å². The van der Waals surface area contributed by atoms with Crippen LogP contribution in [0, 0.1) is 0 Å². The molecule has 0 saturated carbocycles. The smallest absolute Gasteiger partial charge is 0.220 e. The summed E-state index contributed by atoms with van der Waals surface area (Å²) in [5.74, 6) is 0.225. The van der Waals surface area contributed by atoms with Crippen molar-refractivity contribution < 1.29 is 9.59 Å². The van der Waals surface area contributed by atoms with Gasteiger partial charge in [0.2, 0.25) is 11.8 Å². The molecule has 2 N–H and O–H groups in total. The maximum atomic E-state index is 11.7. The molecule has 1 aliphatic rings. The SMILES string of the molecule is CCCCCCCCC(=O)NC1CCC(=O)NC1. The minimum absolute atomic E-state index is 0.0939. The zero-order chi connectivity index (χ0) is 13.2. The Morgan fingerprint density at radius 2 is 2.00 bits per heavy atom. The van der Waals surface area contributed by atoms with E-state index in [-0.39, 0.29) is 17.9 Å². The Morgan fingerprint density at radius 1 is 1.28 bits per heavy atom. The molecule has 4 nitrogen and oxygen atoms in total. The van der Waals surface area contributed by atoms with Gasteiger partial charge in [0.15, 0.2) is 0 Å². The predicted molar refractivity (Wildman–Crippen MR) is 72.2 cm³/mol. The highest BCUT2D eigenvalue weighted by atomic mass is 16.2. The van der Waals surface area contributed by atoms with E-state index in [2.05, 4.69) is 17.6 Å². The van der Waals surface area contributed by atoms with E-state index in [0.717, 1.165) is 19.3 Å². The average molecular weight is 254 g/mol. The Kier molecular flexibility index (Phi) is 7.46. The van der Waals surface area contributed by atoms with Gasteiger partial charge in [-0.15, -0.1) is 0 Å². The van der Waals surface area contributed by atoms with Crippen LogP contribution in [-0.2, 0) is 9.59 Å². The van der Waals surface area contributed by atoms with Gasteiger partial charge < -0.3 is 10.6 Å². The predicted octanol–water partition coefficient (Wildman–Crippen LogP) is 2.13. The van der Waals surface area contributed by atoms with Gasteiger partial charge in [-0.1, -0.05) is 39.0 Å². The topological polar surface area (TPSA) is 58.2 Å². The van der Waals surface area contributed by atoms with E-state index in [4.69, 9.17) is 0 Å². The first-order chi connectivity index (χ1) is 8.72. The van der Waals surface area contributed by atoms with Crippen molar-refractivity contribution in [2.24, 2.45) is 0 Å². The number of nitrogens with one attached hydrogen (secondary N) is 2. The molecule has 1 unspecified atom stereocenters. The fourth-order valence-electron chi connectivity index (χ4n) is 2.22. The minimum Gasteiger partial charge on any atom is -0.354 e. The molecule has 1 aliphatic heterocycles. The highest BCUT2D eigenvalue weighted by Gasteiger charge is 2.18. The Balaban J connectivity index is 1.98. The molecule has 0 spiro atoms. The third-order valence-corrected chi connectivity index (χ3v) is 3.39. The molecule has 2 amide bonds. The number of carbonyl (C=O) groups is 2. The Labute approximate surface area is 110 Å². The largest absolute Gasteiger partial charge is 0.354 e. The fourth-order valence-corrected chi connectivity index (χ4v) is 2.22. The number of piperidine rings is 1. The number of unbranched alkanes of at least 4 members (excludes halogenated alkanes) is 5. The van der Waals surface area contributed by atoms with Crippen molar-refractivity contribution in [1.82, 2.24) is 10.6 Å². The van der Waals surface area contributed by atoms with Crippen molar-refractivity contribution in [3.8, 4) is 0 Å². The highest BCUT2D eigenvalue weighted by Crippen LogP contribution is 2.08. The van der Waals surface area contributed by atoms with Crippen molar-refractivity contribution >= 4 is 11.8 Å². The van der Waals surface area contributed by atoms with E-state index in [1.54, 1.807) is 0 Å². The molecule has 0 radical (unpaired) electrons. The van der Waals surface area contributed by atoms with Crippen LogP contribution in [0.3, 0.4) is 0 Å². The summed E-state index contributed by atoms with van der Waals surface area (Å²) in [5.41, 5.74) is 0. The summed E-state index contributed by atoms with van der Waals surface area (Å²) >= 11 is 0. The first-order valence-electron chi connectivity index (χ1n) is 7.28. The Hall–Kier alpha value is -1.06. The molecular formula is C14H26N2O2. The molecule has 1 fully saturated rings. The highest BCUT2D eigenvalue weighted by molar-refractivity contribution is 5.78. The molecule has 0 aromatic carbocycles. The van der Waals surface area contributed by atoms with Crippen LogP contribution in [0.2, 0.25) is 0 Å². The van der Waals surface area contributed by atoms with E-state index in [1.165, 1.54) is 25.7 Å². The normalized spacial score (nSPS) is 19.4. The lowest BCUT2D eigenvalue weighted by molar-refractivity contribution is -0.125. The lowest BCUT2D eigenvalue weighted by atomic mass is 10.1. The van der Waals surface area contributed by atoms with Gasteiger partial charge in [-0.25, -0.2) is 0 Å². The van der Waals surface area contributed by atoms with Crippen molar-refractivity contribution in [3.05, 3.63) is 0 Å². The third kappa shape index (κ3) is 6.62. The number of amides is 2. The molecule has 0 aromatic rings. The number of hydrogen-bond donors (Lipinski definition) is 2. The zero-order valence-corrected chi connectivity index (χ0v) is 11.5. The van der Waals surface area contributed by atoms with E-state index in [1.807, 2.05) is 0 Å². The standard InChI is InChI=1S/C14H26N2O2/c1-2-3-4-5-6-7-8-14(18)16-12-9-10-13(17)15-11-12/h12H,2-11H2,1H3,(H,15,17)(H,16,18). The second-order valence-corrected chi connectivity index (χ2v) is 5.12. The first kappa shape index (κ1) is 15.0. The van der Waals surface area contributed by atoms with Crippen LogP contribution in [-0.4, -0.2) is 24.4 Å². The number of hydrogen-bond acceptors (Lipinski definition) is 2. The van der Waals surface area contributed by atoms with Crippen LogP contribution in [0.5, 0.6) is 0 Å². The van der Waals surface area contributed by atoms with Gasteiger partial charge in [0.1, 0.15) is 0 Å². The third-order valence-electron chi connectivity index (χ3n) is 3.39. The van der Waals surface area contributed by atoms with Gasteiger partial charge >= 0.3 is 0 Å². The van der Waals surface area contributed by atoms with Crippen molar-refractivity contribution in [1.29, 1.82) is 0 Å². The lowest BCUT2D eigenvalue weighted by Crippen LogP contribution is -2.47. The van der Waals surface area contributed by atoms with Gasteiger partial charge in [-0.2, -0.15) is 0 Å². The molecule has 1 heterocycles. The van der Waals surface area contributed by atoms with Gasteiger partial charge in [0.05, 0.1) is 0 Å². The molecule has 1 rings (SSSR count). The van der Waals surface area contributed by atoms with Crippen molar-refractivity contribution in [2.45, 2.75) is 70.8 Å². The summed E-state index contributed by atoms with van der Waals surface area (Å²) < 4.78 is 0. The van der Waals surface area contributed by atoms with Crippen LogP contribution in [0.4, 0.5) is 0 Å². The molecular weight excluding hydrogens is 228 g/mol. The summed E-state index contributed by atoms with van der Waals surface area (Å²) in [7, 11) is 0. The Morgan fingerprint density at radius 3 is 2.67 bits per heavy atom. The first-order valence-corrected chi connectivity index (χ1v) is 7.28. The van der Waals surface area contributed by atoms with Gasteiger partial charge in [-0.05, 0) is 12.8 Å². The molecule has 0 aliphatic carbocycles. The van der Waals surface area contributed by atoms with Gasteiger partial charge in [0, 0.05) is 25.4 Å². The van der Waals surface area contributed by atoms with Crippen LogP contribution >= 0.6 is 0 Å². The summed E-state index contributed by atoms with van der Waals surface area (Å²) in [6.07, 6.45) is 9.13. The summed E-state index contributed by atoms with van der Waals surface area (Å²) in [4.78, 5) is 22.6. The molecule has 4 heteroatoms. The summed E-state index contributed by atoms with van der Waals surface area (Å²) in [6.45, 7) is 2.79. The second kappa shape index (κ2) is 8.95. The molecule has 0 bridgehead atoms. The quantitative estimate of drug-likeness (QED) is 0.652. The summed E-state index contributed by atoms with van der Waals surface area (Å²) in [5, 5.41) is 5.76. The molecule has 1 saturated heterocycles. The number of carbonyl (C=O) groups excluding carboxylic acids is 2. The summed E-state index contributed by atoms with van der Waals surface area (Å²) in [6, 6.07) is 0.135. The molecule has 104 valence electrons. The fraction of sp³-hybridized carbons (Fsp3) is 0.857. The van der Waals surface area contributed by atoms with Gasteiger partial charge in [0.25, 0.3) is 0 Å². The monoisotopic (exact) mass is 254 g/mol. The minimum atomic E-state index is 0.0939. The van der Waals surface area contributed by atoms with Crippen LogP contribution in [0.1, 0.15) is 64.7 Å². The van der Waals surface area contributed by atoms with E-state index >= 15 is 0 Å². The number of rotatable bonds is 8. The molecule has 18 heavy (non-hydrogen) atoms. The van der Waals surface area contributed by atoms with Crippen LogP contribution in [0.25, 0.3) is 0 Å². The van der Waals surface area contributed by atoms with Crippen LogP contribution in [0.15, 0.2) is 0 Å². The lowest BCUT2D eigenvalue weighted by Gasteiger charge is -2.23. The molecule has 0 aromatic heterocycles. The Bertz CT molecular complexity index is 257. The molecule has 1 atom stereocenters. The van der Waals surface area contributed by atoms with E-state index in [9.17, 15) is 9.59 Å². The van der Waals surface area contributed by atoms with Crippen molar-refractivity contribution in [3.63, 3.8) is 0 Å². The van der Waals surface area contributed by atoms with Crippen LogP contribution < -0.4 is 10.6 Å². The van der Waals surface area contributed by atoms with E-state index < -0.39 is 0 Å². The maximum absolute atomic E-state index is 11.7. The average Bonchev–Trinajstić information content (AvgIpc) is 2.36. The van der Waals surface area contributed by atoms with E-state index in [0.29, 0.717) is 19.4 Å². The second-order valence-electron chi connectivity index (χ2n) is 5.12. The maximum Gasteiger partial charge on any atom is 0.220 e. The zero-order valence-electron chi connectivity index (χ0n) is 11.5.